The van der Waals surface area contributed by atoms with Gasteiger partial charge in [-0.3, -0.25) is 4.99 Å². The highest BCUT2D eigenvalue weighted by Gasteiger charge is 2.31. The lowest BCUT2D eigenvalue weighted by Crippen LogP contribution is -2.21. The minimum absolute atomic E-state index is 0.283. The standard InChI is InChI=1S/C13H12F3NO2S/c1-2-19-12(18)10-7-20-11(17-10)8-3-5-9(6-4-8)13(14,15)16/h3-6,10H,2,7H2,1H3. The maximum atomic E-state index is 12.5. The molecular weight excluding hydrogens is 291 g/mol. The Bertz CT molecular complexity index is 525. The van der Waals surface area contributed by atoms with Gasteiger partial charge < -0.3 is 4.74 Å². The third-order valence-corrected chi connectivity index (χ3v) is 3.77. The smallest absolute Gasteiger partial charge is 0.416 e. The van der Waals surface area contributed by atoms with E-state index in [2.05, 4.69) is 4.99 Å². The lowest BCUT2D eigenvalue weighted by atomic mass is 10.1. The van der Waals surface area contributed by atoms with E-state index < -0.39 is 23.8 Å². The molecule has 0 N–H and O–H groups in total. The van der Waals surface area contributed by atoms with Crippen LogP contribution in [0.3, 0.4) is 0 Å². The molecule has 0 saturated carbocycles. The Morgan fingerprint density at radius 1 is 1.40 bits per heavy atom. The van der Waals surface area contributed by atoms with Crippen LogP contribution in [0.4, 0.5) is 13.2 Å². The number of nitrogens with zero attached hydrogens (tertiary/aromatic N) is 1. The molecule has 1 aromatic rings. The van der Waals surface area contributed by atoms with Crippen LogP contribution >= 0.6 is 11.8 Å². The molecule has 1 atom stereocenters. The maximum Gasteiger partial charge on any atom is 0.416 e. The van der Waals surface area contributed by atoms with Crippen molar-refractivity contribution in [2.75, 3.05) is 12.4 Å². The quantitative estimate of drug-likeness (QED) is 0.805. The van der Waals surface area contributed by atoms with Crippen molar-refractivity contribution in [2.24, 2.45) is 4.99 Å². The minimum atomic E-state index is -4.35. The molecule has 2 rings (SSSR count). The van der Waals surface area contributed by atoms with Crippen molar-refractivity contribution in [1.29, 1.82) is 0 Å². The van der Waals surface area contributed by atoms with Gasteiger partial charge in [0.15, 0.2) is 6.04 Å². The van der Waals surface area contributed by atoms with Crippen molar-refractivity contribution in [1.82, 2.24) is 0 Å². The predicted molar refractivity (Wildman–Crippen MR) is 70.9 cm³/mol. The summed E-state index contributed by atoms with van der Waals surface area (Å²) in [4.78, 5) is 15.7. The molecule has 20 heavy (non-hydrogen) atoms. The molecule has 1 aliphatic rings. The van der Waals surface area contributed by atoms with Crippen molar-refractivity contribution in [3.8, 4) is 0 Å². The van der Waals surface area contributed by atoms with Crippen molar-refractivity contribution in [3.05, 3.63) is 35.4 Å². The number of benzene rings is 1. The van der Waals surface area contributed by atoms with E-state index in [-0.39, 0.29) is 6.61 Å². The first-order valence-electron chi connectivity index (χ1n) is 5.96. The maximum absolute atomic E-state index is 12.5. The Labute approximate surface area is 118 Å². The molecule has 108 valence electrons. The number of hydrogen-bond donors (Lipinski definition) is 0. The summed E-state index contributed by atoms with van der Waals surface area (Å²) in [5, 5.41) is 0.566. The van der Waals surface area contributed by atoms with Gasteiger partial charge in [0.2, 0.25) is 0 Å². The monoisotopic (exact) mass is 303 g/mol. The molecule has 0 aliphatic carbocycles. The Kier molecular flexibility index (Phi) is 4.37. The van der Waals surface area contributed by atoms with Crippen LogP contribution in [0.1, 0.15) is 18.1 Å². The van der Waals surface area contributed by atoms with E-state index in [1.165, 1.54) is 23.9 Å². The molecule has 1 heterocycles. The average Bonchev–Trinajstić information content (AvgIpc) is 2.88. The lowest BCUT2D eigenvalue weighted by Gasteiger charge is -2.07. The molecule has 0 amide bonds. The van der Waals surface area contributed by atoms with Gasteiger partial charge in [-0.1, -0.05) is 12.1 Å². The number of ether oxygens (including phenoxy) is 1. The zero-order chi connectivity index (χ0) is 14.8. The summed E-state index contributed by atoms with van der Waals surface area (Å²) >= 11 is 1.34. The highest BCUT2D eigenvalue weighted by atomic mass is 32.2. The van der Waals surface area contributed by atoms with Crippen LogP contribution in [0.25, 0.3) is 0 Å². The molecule has 7 heteroatoms. The predicted octanol–water partition coefficient (Wildman–Crippen LogP) is 3.13. The second-order valence-electron chi connectivity index (χ2n) is 4.09. The summed E-state index contributed by atoms with van der Waals surface area (Å²) in [5.41, 5.74) is -0.124. The van der Waals surface area contributed by atoms with Gasteiger partial charge >= 0.3 is 12.1 Å². The van der Waals surface area contributed by atoms with Gasteiger partial charge in [-0.25, -0.2) is 4.79 Å². The van der Waals surface area contributed by atoms with Gasteiger partial charge in [-0.15, -0.1) is 11.8 Å². The van der Waals surface area contributed by atoms with Crippen LogP contribution in [0.15, 0.2) is 29.3 Å². The highest BCUT2D eigenvalue weighted by molar-refractivity contribution is 8.14. The second kappa shape index (κ2) is 5.87. The van der Waals surface area contributed by atoms with Gasteiger partial charge in [-0.05, 0) is 19.1 Å². The van der Waals surface area contributed by atoms with Crippen LogP contribution in [0.2, 0.25) is 0 Å². The minimum Gasteiger partial charge on any atom is -0.464 e. The molecule has 0 bridgehead atoms. The summed E-state index contributed by atoms with van der Waals surface area (Å²) in [5.74, 6) is 0.0526. The number of hydrogen-bond acceptors (Lipinski definition) is 4. The highest BCUT2D eigenvalue weighted by Crippen LogP contribution is 2.30. The molecule has 3 nitrogen and oxygen atoms in total. The largest absolute Gasteiger partial charge is 0.464 e. The van der Waals surface area contributed by atoms with Crippen molar-refractivity contribution in [2.45, 2.75) is 19.1 Å². The third-order valence-electron chi connectivity index (χ3n) is 2.67. The van der Waals surface area contributed by atoms with Crippen LogP contribution in [-0.4, -0.2) is 29.4 Å². The van der Waals surface area contributed by atoms with E-state index in [1.54, 1.807) is 6.92 Å². The SMILES string of the molecule is CCOC(=O)C1CSC(c2ccc(C(F)(F)F)cc2)=N1. The number of carbonyl (C=O) groups is 1. The number of alkyl halides is 3. The van der Waals surface area contributed by atoms with E-state index in [0.29, 0.717) is 16.4 Å². The molecule has 1 aromatic carbocycles. The fourth-order valence-corrected chi connectivity index (χ4v) is 2.72. The van der Waals surface area contributed by atoms with E-state index >= 15 is 0 Å². The molecular formula is C13H12F3NO2S. The number of esters is 1. The molecule has 0 spiro atoms. The number of halogens is 3. The zero-order valence-electron chi connectivity index (χ0n) is 10.6. The molecule has 1 aliphatic heterocycles. The van der Waals surface area contributed by atoms with Crippen LogP contribution < -0.4 is 0 Å². The van der Waals surface area contributed by atoms with E-state index in [9.17, 15) is 18.0 Å². The van der Waals surface area contributed by atoms with Gasteiger partial charge in [-0.2, -0.15) is 13.2 Å². The first-order chi connectivity index (χ1) is 9.41. The fourth-order valence-electron chi connectivity index (χ4n) is 1.69. The Morgan fingerprint density at radius 2 is 2.05 bits per heavy atom. The van der Waals surface area contributed by atoms with Gasteiger partial charge in [0.1, 0.15) is 0 Å². The van der Waals surface area contributed by atoms with Crippen molar-refractivity contribution >= 4 is 22.8 Å². The first-order valence-corrected chi connectivity index (χ1v) is 6.95. The lowest BCUT2D eigenvalue weighted by molar-refractivity contribution is -0.144. The normalized spacial score (nSPS) is 18.8. The molecule has 0 fully saturated rings. The van der Waals surface area contributed by atoms with Crippen molar-refractivity contribution < 1.29 is 22.7 Å². The molecule has 1 unspecified atom stereocenters. The zero-order valence-corrected chi connectivity index (χ0v) is 11.4. The van der Waals surface area contributed by atoms with Crippen LogP contribution in [0.5, 0.6) is 0 Å². The van der Waals surface area contributed by atoms with E-state index in [0.717, 1.165) is 12.1 Å². The van der Waals surface area contributed by atoms with Gasteiger partial charge in [0.25, 0.3) is 0 Å². The van der Waals surface area contributed by atoms with Gasteiger partial charge in [0.05, 0.1) is 17.2 Å². The van der Waals surface area contributed by atoms with Gasteiger partial charge in [0, 0.05) is 11.3 Å². The van der Waals surface area contributed by atoms with Crippen LogP contribution in [-0.2, 0) is 15.7 Å². The summed E-state index contributed by atoms with van der Waals surface area (Å²) in [7, 11) is 0. The molecule has 0 aromatic heterocycles. The Balaban J connectivity index is 2.13. The number of carbonyl (C=O) groups excluding carboxylic acids is 1. The van der Waals surface area contributed by atoms with Crippen LogP contribution in [0, 0.1) is 0 Å². The number of aliphatic imine (C=N–C) groups is 1. The summed E-state index contributed by atoms with van der Waals surface area (Å²) in [6.07, 6.45) is -4.35. The molecule has 0 saturated heterocycles. The summed E-state index contributed by atoms with van der Waals surface area (Å²) in [6.45, 7) is 1.99. The van der Waals surface area contributed by atoms with Crippen molar-refractivity contribution in [3.63, 3.8) is 0 Å². The number of rotatable bonds is 3. The first kappa shape index (κ1) is 14.9. The Hall–Kier alpha value is -1.50. The third kappa shape index (κ3) is 3.33. The van der Waals surface area contributed by atoms with E-state index in [4.69, 9.17) is 4.74 Å². The molecule has 0 radical (unpaired) electrons. The average molecular weight is 303 g/mol. The number of thioether (sulfide) groups is 1. The fraction of sp³-hybridized carbons (Fsp3) is 0.385. The van der Waals surface area contributed by atoms with E-state index in [1.807, 2.05) is 0 Å². The summed E-state index contributed by atoms with van der Waals surface area (Å²) in [6, 6.07) is 4.17. The topological polar surface area (TPSA) is 38.7 Å². The Morgan fingerprint density at radius 3 is 2.60 bits per heavy atom. The second-order valence-corrected chi connectivity index (χ2v) is 5.10. The summed E-state index contributed by atoms with van der Waals surface area (Å²) < 4.78 is 42.2.